The van der Waals surface area contributed by atoms with E-state index < -0.39 is 0 Å². The Bertz CT molecular complexity index is 892. The van der Waals surface area contributed by atoms with Gasteiger partial charge in [0.05, 0.1) is 32.0 Å². The van der Waals surface area contributed by atoms with Gasteiger partial charge in [-0.2, -0.15) is 5.26 Å². The zero-order valence-corrected chi connectivity index (χ0v) is 20.6. The molecule has 0 N–H and O–H groups in total. The predicted molar refractivity (Wildman–Crippen MR) is 131 cm³/mol. The van der Waals surface area contributed by atoms with E-state index in [1.54, 1.807) is 7.11 Å². The number of ether oxygens (including phenoxy) is 3. The minimum Gasteiger partial charge on any atom is -0.497 e. The number of rotatable bonds is 9. The van der Waals surface area contributed by atoms with Crippen molar-refractivity contribution in [2.24, 2.45) is 5.92 Å². The molecule has 2 aromatic carbocycles. The van der Waals surface area contributed by atoms with Gasteiger partial charge in [-0.05, 0) is 69.8 Å². The number of hydrogen-bond acceptors (Lipinski definition) is 6. The van der Waals surface area contributed by atoms with Crippen LogP contribution in [0.2, 0.25) is 0 Å². The minimum absolute atomic E-state index is 0.139. The summed E-state index contributed by atoms with van der Waals surface area (Å²) in [6, 6.07) is 18.0. The van der Waals surface area contributed by atoms with Crippen LogP contribution < -0.4 is 9.64 Å². The molecule has 0 saturated carbocycles. The largest absolute Gasteiger partial charge is 0.497 e. The number of nitriles is 1. The highest BCUT2D eigenvalue weighted by Crippen LogP contribution is 2.23. The smallest absolute Gasteiger partial charge is 0.159 e. The van der Waals surface area contributed by atoms with Crippen molar-refractivity contribution in [2.45, 2.75) is 45.6 Å². The third-order valence-corrected chi connectivity index (χ3v) is 6.24. The monoisotopic (exact) mass is 451 g/mol. The van der Waals surface area contributed by atoms with Gasteiger partial charge in [0.15, 0.2) is 6.29 Å². The first-order valence-electron chi connectivity index (χ1n) is 11.6. The second kappa shape index (κ2) is 11.5. The summed E-state index contributed by atoms with van der Waals surface area (Å²) in [6.45, 7) is 10.6. The lowest BCUT2D eigenvalue weighted by molar-refractivity contribution is -0.204. The maximum atomic E-state index is 9.13. The van der Waals surface area contributed by atoms with Crippen molar-refractivity contribution >= 4 is 5.69 Å². The van der Waals surface area contributed by atoms with E-state index in [0.717, 1.165) is 50.7 Å². The summed E-state index contributed by atoms with van der Waals surface area (Å²) in [5.41, 5.74) is 3.06. The highest BCUT2D eigenvalue weighted by Gasteiger charge is 2.27. The zero-order valence-electron chi connectivity index (χ0n) is 20.6. The molecule has 1 fully saturated rings. The van der Waals surface area contributed by atoms with Crippen LogP contribution in [0.4, 0.5) is 5.69 Å². The molecule has 1 aliphatic heterocycles. The van der Waals surface area contributed by atoms with Gasteiger partial charge < -0.3 is 24.0 Å². The third-order valence-electron chi connectivity index (χ3n) is 6.24. The topological polar surface area (TPSA) is 58.0 Å². The first-order chi connectivity index (χ1) is 15.8. The summed E-state index contributed by atoms with van der Waals surface area (Å²) < 4.78 is 17.4. The molecule has 33 heavy (non-hydrogen) atoms. The Balaban J connectivity index is 1.59. The Kier molecular flexibility index (Phi) is 8.74. The van der Waals surface area contributed by atoms with Crippen LogP contribution in [0.15, 0.2) is 48.5 Å². The first-order valence-corrected chi connectivity index (χ1v) is 11.6. The van der Waals surface area contributed by atoms with E-state index >= 15 is 0 Å². The molecule has 6 heteroatoms. The number of hydrogen-bond donors (Lipinski definition) is 0. The van der Waals surface area contributed by atoms with Crippen LogP contribution in [0.25, 0.3) is 0 Å². The van der Waals surface area contributed by atoms with E-state index in [1.165, 1.54) is 5.56 Å². The van der Waals surface area contributed by atoms with Crippen molar-refractivity contribution < 1.29 is 14.2 Å². The maximum Gasteiger partial charge on any atom is 0.159 e. The van der Waals surface area contributed by atoms with Crippen molar-refractivity contribution in [2.75, 3.05) is 45.4 Å². The fraction of sp³-hybridized carbons (Fsp3) is 0.519. The standard InChI is InChI=1S/C27H37N3O3/c1-27(2,3)29(4)17-23-19-32-26(33-20-23)14-15-30(24-10-6-21(16-28)7-11-24)18-22-8-12-25(31-5)13-9-22/h6-13,23,26H,14-15,17-20H2,1-5H3. The molecule has 0 spiro atoms. The van der Waals surface area contributed by atoms with Crippen molar-refractivity contribution in [1.82, 2.24) is 4.90 Å². The first kappa shape index (κ1) is 25.0. The molecule has 2 aromatic rings. The molecule has 1 aliphatic rings. The molecule has 0 bridgehead atoms. The molecule has 0 aliphatic carbocycles. The van der Waals surface area contributed by atoms with Crippen LogP contribution in [-0.4, -0.2) is 57.2 Å². The van der Waals surface area contributed by atoms with Crippen LogP contribution in [0.5, 0.6) is 5.75 Å². The molecule has 0 radical (unpaired) electrons. The Morgan fingerprint density at radius 2 is 1.67 bits per heavy atom. The Morgan fingerprint density at radius 3 is 2.21 bits per heavy atom. The van der Waals surface area contributed by atoms with Gasteiger partial charge in [0.2, 0.25) is 0 Å². The van der Waals surface area contributed by atoms with Gasteiger partial charge in [-0.25, -0.2) is 0 Å². The van der Waals surface area contributed by atoms with Gasteiger partial charge in [0.25, 0.3) is 0 Å². The van der Waals surface area contributed by atoms with Gasteiger partial charge in [-0.15, -0.1) is 0 Å². The lowest BCUT2D eigenvalue weighted by Crippen LogP contribution is -2.45. The molecule has 0 amide bonds. The van der Waals surface area contributed by atoms with Gasteiger partial charge >= 0.3 is 0 Å². The quantitative estimate of drug-likeness (QED) is 0.552. The van der Waals surface area contributed by atoms with E-state index in [2.05, 4.69) is 55.8 Å². The molecule has 178 valence electrons. The number of anilines is 1. The van der Waals surface area contributed by atoms with Gasteiger partial charge in [0, 0.05) is 43.2 Å². The summed E-state index contributed by atoms with van der Waals surface area (Å²) in [5, 5.41) is 9.13. The molecule has 0 aromatic heterocycles. The molecule has 1 saturated heterocycles. The summed E-state index contributed by atoms with van der Waals surface area (Å²) in [6.07, 6.45) is 0.579. The number of benzene rings is 2. The van der Waals surface area contributed by atoms with Crippen molar-refractivity contribution in [3.8, 4) is 11.8 Å². The second-order valence-electron chi connectivity index (χ2n) is 9.73. The van der Waals surface area contributed by atoms with Crippen LogP contribution in [0, 0.1) is 17.2 Å². The molecular formula is C27H37N3O3. The third kappa shape index (κ3) is 7.46. The van der Waals surface area contributed by atoms with Crippen LogP contribution in [0.3, 0.4) is 0 Å². The molecule has 0 unspecified atom stereocenters. The van der Waals surface area contributed by atoms with E-state index in [0.29, 0.717) is 11.5 Å². The normalized spacial score (nSPS) is 18.7. The van der Waals surface area contributed by atoms with E-state index in [9.17, 15) is 0 Å². The minimum atomic E-state index is -0.196. The average Bonchev–Trinajstić information content (AvgIpc) is 2.82. The Morgan fingerprint density at radius 1 is 1.03 bits per heavy atom. The van der Waals surface area contributed by atoms with Crippen molar-refractivity contribution in [3.05, 3.63) is 59.7 Å². The Labute approximate surface area is 198 Å². The average molecular weight is 452 g/mol. The fourth-order valence-electron chi connectivity index (χ4n) is 3.78. The zero-order chi connectivity index (χ0) is 23.8. The highest BCUT2D eigenvalue weighted by atomic mass is 16.7. The molecule has 6 nitrogen and oxygen atoms in total. The maximum absolute atomic E-state index is 9.13. The van der Waals surface area contributed by atoms with Crippen molar-refractivity contribution in [3.63, 3.8) is 0 Å². The van der Waals surface area contributed by atoms with E-state index in [-0.39, 0.29) is 11.8 Å². The van der Waals surface area contributed by atoms with Gasteiger partial charge in [0.1, 0.15) is 5.75 Å². The summed E-state index contributed by atoms with van der Waals surface area (Å²) >= 11 is 0. The molecule has 3 rings (SSSR count). The van der Waals surface area contributed by atoms with E-state index in [1.807, 2.05) is 36.4 Å². The van der Waals surface area contributed by atoms with Crippen LogP contribution in [0.1, 0.15) is 38.3 Å². The SMILES string of the molecule is COc1ccc(CN(CCC2OCC(CN(C)C(C)(C)C)CO2)c2ccc(C#N)cc2)cc1. The van der Waals surface area contributed by atoms with Gasteiger partial charge in [-0.1, -0.05) is 12.1 Å². The molecular weight excluding hydrogens is 414 g/mol. The summed E-state index contributed by atoms with van der Waals surface area (Å²) in [7, 11) is 3.83. The summed E-state index contributed by atoms with van der Waals surface area (Å²) in [4.78, 5) is 4.65. The lowest BCUT2D eigenvalue weighted by Gasteiger charge is -2.37. The fourth-order valence-corrected chi connectivity index (χ4v) is 3.78. The number of methoxy groups -OCH3 is 1. The molecule has 0 atom stereocenters. The van der Waals surface area contributed by atoms with E-state index in [4.69, 9.17) is 19.5 Å². The van der Waals surface area contributed by atoms with Crippen molar-refractivity contribution in [1.29, 1.82) is 5.26 Å². The van der Waals surface area contributed by atoms with Gasteiger partial charge in [-0.3, -0.25) is 0 Å². The lowest BCUT2D eigenvalue weighted by atomic mass is 10.0. The summed E-state index contributed by atoms with van der Waals surface area (Å²) in [5.74, 6) is 1.23. The predicted octanol–water partition coefficient (Wildman–Crippen LogP) is 4.68. The number of nitrogens with zero attached hydrogens (tertiary/aromatic N) is 3. The van der Waals surface area contributed by atoms with Crippen LogP contribution >= 0.6 is 0 Å². The second-order valence-corrected chi connectivity index (χ2v) is 9.73. The molecule has 1 heterocycles. The van der Waals surface area contributed by atoms with Crippen LogP contribution in [-0.2, 0) is 16.0 Å². The highest BCUT2D eigenvalue weighted by molar-refractivity contribution is 5.50. The Hall–Kier alpha value is -2.59.